The van der Waals surface area contributed by atoms with E-state index in [0.29, 0.717) is 18.9 Å². The molecule has 0 fully saturated rings. The molecular formula is C19H22N2O4. The van der Waals surface area contributed by atoms with E-state index in [-0.39, 0.29) is 25.0 Å². The number of benzene rings is 2. The summed E-state index contributed by atoms with van der Waals surface area (Å²) < 4.78 is 10.8. The van der Waals surface area contributed by atoms with Crippen LogP contribution < -0.4 is 20.1 Å². The molecule has 2 aromatic carbocycles. The quantitative estimate of drug-likeness (QED) is 0.680. The Morgan fingerprint density at radius 2 is 1.64 bits per heavy atom. The summed E-state index contributed by atoms with van der Waals surface area (Å²) in [6.45, 7) is 2.48. The predicted octanol–water partition coefficient (Wildman–Crippen LogP) is 1.69. The van der Waals surface area contributed by atoms with E-state index >= 15 is 0 Å². The Hall–Kier alpha value is -3.02. The van der Waals surface area contributed by atoms with Crippen molar-refractivity contribution in [3.8, 4) is 11.5 Å². The van der Waals surface area contributed by atoms with Crippen molar-refractivity contribution in [3.63, 3.8) is 0 Å². The first-order valence-electron chi connectivity index (χ1n) is 8.04. The maximum atomic E-state index is 11.7. The monoisotopic (exact) mass is 342 g/mol. The fraction of sp³-hybridized carbons (Fsp3) is 0.263. The Morgan fingerprint density at radius 1 is 0.880 bits per heavy atom. The summed E-state index contributed by atoms with van der Waals surface area (Å²) in [6, 6.07) is 16.7. The summed E-state index contributed by atoms with van der Waals surface area (Å²) >= 11 is 0. The summed E-state index contributed by atoms with van der Waals surface area (Å²) in [5.74, 6) is 0.743. The van der Waals surface area contributed by atoms with Crippen molar-refractivity contribution in [1.29, 1.82) is 0 Å². The van der Waals surface area contributed by atoms with Gasteiger partial charge in [0.1, 0.15) is 18.1 Å². The van der Waals surface area contributed by atoms with Gasteiger partial charge in [-0.05, 0) is 36.8 Å². The van der Waals surface area contributed by atoms with E-state index in [1.54, 1.807) is 12.1 Å². The second kappa shape index (κ2) is 9.97. The number of para-hydroxylation sites is 1. The lowest BCUT2D eigenvalue weighted by Gasteiger charge is -2.09. The van der Waals surface area contributed by atoms with Crippen molar-refractivity contribution < 1.29 is 19.1 Å². The molecule has 0 spiro atoms. The first kappa shape index (κ1) is 18.3. The molecule has 0 unspecified atom stereocenters. The SMILES string of the molecule is Cc1cccc(OCCNC(=O)CNC(=O)COc2ccccc2)c1. The van der Waals surface area contributed by atoms with E-state index in [1.807, 2.05) is 49.4 Å². The fourth-order valence-corrected chi connectivity index (χ4v) is 2.02. The number of carbonyl (C=O) groups excluding carboxylic acids is 2. The van der Waals surface area contributed by atoms with Crippen molar-refractivity contribution in [2.75, 3.05) is 26.3 Å². The van der Waals surface area contributed by atoms with Crippen molar-refractivity contribution >= 4 is 11.8 Å². The molecule has 0 atom stereocenters. The average Bonchev–Trinajstić information content (AvgIpc) is 2.63. The van der Waals surface area contributed by atoms with Gasteiger partial charge in [-0.25, -0.2) is 0 Å². The minimum absolute atomic E-state index is 0.0958. The molecule has 6 nitrogen and oxygen atoms in total. The molecule has 0 aliphatic heterocycles. The van der Waals surface area contributed by atoms with Crippen molar-refractivity contribution in [1.82, 2.24) is 10.6 Å². The molecule has 0 heterocycles. The normalized spacial score (nSPS) is 9.96. The molecule has 0 saturated carbocycles. The van der Waals surface area contributed by atoms with Crippen LogP contribution in [0.5, 0.6) is 11.5 Å². The Balaban J connectivity index is 1.55. The minimum Gasteiger partial charge on any atom is -0.492 e. The highest BCUT2D eigenvalue weighted by Crippen LogP contribution is 2.11. The second-order valence-corrected chi connectivity index (χ2v) is 5.39. The number of aryl methyl sites for hydroxylation is 1. The van der Waals surface area contributed by atoms with Crippen LogP contribution in [0.1, 0.15) is 5.56 Å². The second-order valence-electron chi connectivity index (χ2n) is 5.39. The minimum atomic E-state index is -0.352. The van der Waals surface area contributed by atoms with Crippen LogP contribution in [-0.2, 0) is 9.59 Å². The van der Waals surface area contributed by atoms with Crippen molar-refractivity contribution in [2.24, 2.45) is 0 Å². The highest BCUT2D eigenvalue weighted by Gasteiger charge is 2.06. The number of hydrogen-bond acceptors (Lipinski definition) is 4. The molecule has 6 heteroatoms. The number of rotatable bonds is 9. The summed E-state index contributed by atoms with van der Waals surface area (Å²) in [7, 11) is 0. The summed E-state index contributed by atoms with van der Waals surface area (Å²) in [4.78, 5) is 23.3. The van der Waals surface area contributed by atoms with Crippen molar-refractivity contribution in [3.05, 3.63) is 60.2 Å². The number of amides is 2. The van der Waals surface area contributed by atoms with Gasteiger partial charge < -0.3 is 20.1 Å². The number of carbonyl (C=O) groups is 2. The highest BCUT2D eigenvalue weighted by molar-refractivity contribution is 5.85. The van der Waals surface area contributed by atoms with Crippen LogP contribution >= 0.6 is 0 Å². The van der Waals surface area contributed by atoms with Gasteiger partial charge in [0.15, 0.2) is 6.61 Å². The lowest BCUT2D eigenvalue weighted by atomic mass is 10.2. The molecule has 0 aromatic heterocycles. The Bertz CT molecular complexity index is 689. The Kier molecular flexibility index (Phi) is 7.31. The molecule has 2 N–H and O–H groups in total. The van der Waals surface area contributed by atoms with Gasteiger partial charge in [0, 0.05) is 0 Å². The topological polar surface area (TPSA) is 76.7 Å². The third-order valence-corrected chi connectivity index (χ3v) is 3.24. The molecule has 0 radical (unpaired) electrons. The van der Waals surface area contributed by atoms with E-state index in [9.17, 15) is 9.59 Å². The first-order valence-corrected chi connectivity index (χ1v) is 8.04. The zero-order valence-corrected chi connectivity index (χ0v) is 14.2. The van der Waals surface area contributed by atoms with E-state index < -0.39 is 0 Å². The van der Waals surface area contributed by atoms with Crippen LogP contribution in [0.15, 0.2) is 54.6 Å². The van der Waals surface area contributed by atoms with Crippen LogP contribution in [0.2, 0.25) is 0 Å². The lowest BCUT2D eigenvalue weighted by Crippen LogP contribution is -2.40. The van der Waals surface area contributed by atoms with Crippen molar-refractivity contribution in [2.45, 2.75) is 6.92 Å². The van der Waals surface area contributed by atoms with E-state index in [2.05, 4.69) is 10.6 Å². The predicted molar refractivity (Wildman–Crippen MR) is 94.6 cm³/mol. The number of ether oxygens (including phenoxy) is 2. The third-order valence-electron chi connectivity index (χ3n) is 3.24. The number of nitrogens with one attached hydrogen (secondary N) is 2. The fourth-order valence-electron chi connectivity index (χ4n) is 2.02. The van der Waals surface area contributed by atoms with E-state index in [0.717, 1.165) is 11.3 Å². The summed E-state index contributed by atoms with van der Waals surface area (Å²) in [5, 5.41) is 5.18. The Labute approximate surface area is 147 Å². The molecule has 132 valence electrons. The maximum Gasteiger partial charge on any atom is 0.258 e. The molecule has 2 amide bonds. The standard InChI is InChI=1S/C19H22N2O4/c1-15-6-5-9-17(12-15)24-11-10-20-18(22)13-21-19(23)14-25-16-7-3-2-4-8-16/h2-9,12H,10-11,13-14H2,1H3,(H,20,22)(H,21,23). The molecule has 0 bridgehead atoms. The van der Waals surface area contributed by atoms with E-state index in [4.69, 9.17) is 9.47 Å². The van der Waals surface area contributed by atoms with Crippen LogP contribution in [0.3, 0.4) is 0 Å². The number of hydrogen-bond donors (Lipinski definition) is 2. The van der Waals surface area contributed by atoms with Crippen LogP contribution in [0.4, 0.5) is 0 Å². The van der Waals surface area contributed by atoms with Crippen LogP contribution in [-0.4, -0.2) is 38.1 Å². The smallest absolute Gasteiger partial charge is 0.258 e. The molecule has 0 aliphatic rings. The Morgan fingerprint density at radius 3 is 2.40 bits per heavy atom. The summed E-state index contributed by atoms with van der Waals surface area (Å²) in [5.41, 5.74) is 1.11. The molecule has 0 aliphatic carbocycles. The lowest BCUT2D eigenvalue weighted by molar-refractivity contribution is -0.127. The highest BCUT2D eigenvalue weighted by atomic mass is 16.5. The average molecular weight is 342 g/mol. The van der Waals surface area contributed by atoms with Gasteiger partial charge in [-0.3, -0.25) is 9.59 Å². The van der Waals surface area contributed by atoms with Gasteiger partial charge >= 0.3 is 0 Å². The van der Waals surface area contributed by atoms with Gasteiger partial charge in [0.05, 0.1) is 13.1 Å². The van der Waals surface area contributed by atoms with Crippen LogP contribution in [0.25, 0.3) is 0 Å². The first-order chi connectivity index (χ1) is 12.1. The van der Waals surface area contributed by atoms with Gasteiger partial charge in [-0.1, -0.05) is 30.3 Å². The van der Waals surface area contributed by atoms with Gasteiger partial charge in [0.25, 0.3) is 5.91 Å². The zero-order valence-electron chi connectivity index (χ0n) is 14.2. The summed E-state index contributed by atoms with van der Waals surface area (Å²) in [6.07, 6.45) is 0. The molecule has 2 aromatic rings. The van der Waals surface area contributed by atoms with Gasteiger partial charge in [-0.2, -0.15) is 0 Å². The molecular weight excluding hydrogens is 320 g/mol. The van der Waals surface area contributed by atoms with Gasteiger partial charge in [0.2, 0.25) is 5.91 Å². The zero-order chi connectivity index (χ0) is 17.9. The molecule has 2 rings (SSSR count). The molecule has 0 saturated heterocycles. The van der Waals surface area contributed by atoms with Gasteiger partial charge in [-0.15, -0.1) is 0 Å². The van der Waals surface area contributed by atoms with E-state index in [1.165, 1.54) is 0 Å². The van der Waals surface area contributed by atoms with Crippen LogP contribution in [0, 0.1) is 6.92 Å². The maximum absolute atomic E-state index is 11.7. The largest absolute Gasteiger partial charge is 0.492 e. The molecule has 25 heavy (non-hydrogen) atoms. The third kappa shape index (κ3) is 7.39.